The zero-order valence-corrected chi connectivity index (χ0v) is 12.4. The molecule has 110 valence electrons. The predicted molar refractivity (Wildman–Crippen MR) is 74.7 cm³/mol. The van der Waals surface area contributed by atoms with Gasteiger partial charge in [0.25, 0.3) is 0 Å². The summed E-state index contributed by atoms with van der Waals surface area (Å²) < 4.78 is 5.96. The topological polar surface area (TPSA) is 46.5 Å². The van der Waals surface area contributed by atoms with Crippen molar-refractivity contribution in [3.05, 3.63) is 0 Å². The molecule has 2 aliphatic carbocycles. The summed E-state index contributed by atoms with van der Waals surface area (Å²) in [6.45, 7) is 4.24. The van der Waals surface area contributed by atoms with Gasteiger partial charge < -0.3 is 9.84 Å². The van der Waals surface area contributed by atoms with E-state index in [1.54, 1.807) is 0 Å². The van der Waals surface area contributed by atoms with Crippen LogP contribution >= 0.6 is 0 Å². The number of hydrogen-bond donors (Lipinski definition) is 1. The highest BCUT2D eigenvalue weighted by Crippen LogP contribution is 2.48. The molecule has 19 heavy (non-hydrogen) atoms. The maximum absolute atomic E-state index is 12.1. The molecule has 3 nitrogen and oxygen atoms in total. The maximum Gasteiger partial charge on any atom is 0.309 e. The van der Waals surface area contributed by atoms with Crippen molar-refractivity contribution in [2.45, 2.75) is 70.8 Å². The van der Waals surface area contributed by atoms with Gasteiger partial charge in [0.05, 0.1) is 5.92 Å². The quantitative estimate of drug-likeness (QED) is 0.778. The van der Waals surface area contributed by atoms with Gasteiger partial charge in [0.15, 0.2) is 0 Å². The summed E-state index contributed by atoms with van der Waals surface area (Å²) in [6, 6.07) is 0. The van der Waals surface area contributed by atoms with E-state index >= 15 is 0 Å². The van der Waals surface area contributed by atoms with Crippen molar-refractivity contribution in [2.75, 3.05) is 6.61 Å². The van der Waals surface area contributed by atoms with Gasteiger partial charge in [-0.05, 0) is 56.8 Å². The van der Waals surface area contributed by atoms with Crippen LogP contribution < -0.4 is 0 Å². The van der Waals surface area contributed by atoms with E-state index in [2.05, 4.69) is 0 Å². The zero-order valence-electron chi connectivity index (χ0n) is 12.4. The van der Waals surface area contributed by atoms with E-state index < -0.39 is 0 Å². The third kappa shape index (κ3) is 3.50. The molecule has 2 aliphatic rings. The van der Waals surface area contributed by atoms with E-state index in [0.717, 1.165) is 32.1 Å². The molecule has 0 aliphatic heterocycles. The fraction of sp³-hybridized carbons (Fsp3) is 0.938. The highest BCUT2D eigenvalue weighted by molar-refractivity contribution is 5.72. The van der Waals surface area contributed by atoms with E-state index in [-0.39, 0.29) is 24.1 Å². The van der Waals surface area contributed by atoms with Crippen LogP contribution in [-0.4, -0.2) is 23.3 Å². The molecule has 0 radical (unpaired) electrons. The molecule has 0 spiro atoms. The van der Waals surface area contributed by atoms with Crippen molar-refractivity contribution in [1.29, 1.82) is 0 Å². The van der Waals surface area contributed by atoms with E-state index in [1.807, 2.05) is 13.8 Å². The predicted octanol–water partition coefficient (Wildman–Crippen LogP) is 3.30. The van der Waals surface area contributed by atoms with Crippen molar-refractivity contribution in [1.82, 2.24) is 0 Å². The number of fused-ring (bicyclic) bond motifs is 2. The van der Waals surface area contributed by atoms with E-state index in [1.165, 1.54) is 19.3 Å². The van der Waals surface area contributed by atoms with Crippen molar-refractivity contribution >= 4 is 5.97 Å². The monoisotopic (exact) mass is 268 g/mol. The minimum Gasteiger partial charge on any atom is -0.459 e. The molecule has 0 aromatic rings. The van der Waals surface area contributed by atoms with Crippen molar-refractivity contribution in [2.24, 2.45) is 17.8 Å². The van der Waals surface area contributed by atoms with Gasteiger partial charge in [-0.3, -0.25) is 4.79 Å². The van der Waals surface area contributed by atoms with Crippen LogP contribution in [-0.2, 0) is 9.53 Å². The largest absolute Gasteiger partial charge is 0.459 e. The van der Waals surface area contributed by atoms with E-state index in [4.69, 9.17) is 9.84 Å². The first-order valence-electron chi connectivity index (χ1n) is 7.92. The lowest BCUT2D eigenvalue weighted by Crippen LogP contribution is -2.46. The van der Waals surface area contributed by atoms with Crippen LogP contribution in [0.15, 0.2) is 0 Å². The van der Waals surface area contributed by atoms with Crippen molar-refractivity contribution < 1.29 is 14.6 Å². The first-order chi connectivity index (χ1) is 9.08. The average molecular weight is 268 g/mol. The normalized spacial score (nSPS) is 35.7. The smallest absolute Gasteiger partial charge is 0.309 e. The Morgan fingerprint density at radius 2 is 2.26 bits per heavy atom. The molecular weight excluding hydrogens is 240 g/mol. The number of rotatable bonds is 5. The standard InChI is InChI=1S/C16H28O3/c1-3-12(2)15(18)19-16-7-4-5-13(10-16)9-14(11-16)6-8-17/h12-14,17H,3-11H2,1-2H3. The lowest BCUT2D eigenvalue weighted by molar-refractivity contribution is -0.177. The van der Waals surface area contributed by atoms with Gasteiger partial charge in [0.1, 0.15) is 5.60 Å². The maximum atomic E-state index is 12.1. The minimum atomic E-state index is -0.207. The van der Waals surface area contributed by atoms with Crippen LogP contribution in [0.4, 0.5) is 0 Å². The Kier molecular flexibility index (Phi) is 4.88. The number of ether oxygens (including phenoxy) is 1. The van der Waals surface area contributed by atoms with Crippen LogP contribution in [0.25, 0.3) is 0 Å². The lowest BCUT2D eigenvalue weighted by Gasteiger charge is -2.47. The Bertz CT molecular complexity index is 315. The molecule has 0 aromatic heterocycles. The van der Waals surface area contributed by atoms with Gasteiger partial charge in [-0.2, -0.15) is 0 Å². The lowest BCUT2D eigenvalue weighted by atomic mass is 9.64. The molecule has 4 unspecified atom stereocenters. The third-order valence-electron chi connectivity index (χ3n) is 5.10. The summed E-state index contributed by atoms with van der Waals surface area (Å²) >= 11 is 0. The van der Waals surface area contributed by atoms with Gasteiger partial charge in [0, 0.05) is 6.61 Å². The molecule has 3 heteroatoms. The first kappa shape index (κ1) is 14.8. The van der Waals surface area contributed by atoms with Crippen LogP contribution in [0.3, 0.4) is 0 Å². The number of aliphatic hydroxyl groups is 1. The van der Waals surface area contributed by atoms with Gasteiger partial charge >= 0.3 is 5.97 Å². The van der Waals surface area contributed by atoms with Gasteiger partial charge in [0.2, 0.25) is 0 Å². The number of esters is 1. The fourth-order valence-corrected chi connectivity index (χ4v) is 3.93. The summed E-state index contributed by atoms with van der Waals surface area (Å²) in [5.74, 6) is 1.22. The highest BCUT2D eigenvalue weighted by atomic mass is 16.6. The SMILES string of the molecule is CCC(C)C(=O)OC12CCCC(CC(CCO)C1)C2. The summed E-state index contributed by atoms with van der Waals surface area (Å²) in [5.41, 5.74) is -0.207. The summed E-state index contributed by atoms with van der Waals surface area (Å²) in [7, 11) is 0. The highest BCUT2D eigenvalue weighted by Gasteiger charge is 2.45. The number of carbonyl (C=O) groups is 1. The molecule has 0 amide bonds. The third-order valence-corrected chi connectivity index (χ3v) is 5.10. The fourth-order valence-electron chi connectivity index (χ4n) is 3.93. The molecular formula is C16H28O3. The number of carbonyl (C=O) groups excluding carboxylic acids is 1. The van der Waals surface area contributed by atoms with Crippen molar-refractivity contribution in [3.63, 3.8) is 0 Å². The summed E-state index contributed by atoms with van der Waals surface area (Å²) in [5, 5.41) is 9.17. The molecule has 2 saturated carbocycles. The second-order valence-electron chi connectivity index (χ2n) is 6.69. The molecule has 2 rings (SSSR count). The molecule has 0 heterocycles. The second-order valence-corrected chi connectivity index (χ2v) is 6.69. The first-order valence-corrected chi connectivity index (χ1v) is 7.92. The molecule has 2 bridgehead atoms. The van der Waals surface area contributed by atoms with Crippen molar-refractivity contribution in [3.8, 4) is 0 Å². The molecule has 0 aromatic carbocycles. The Labute approximate surface area is 116 Å². The van der Waals surface area contributed by atoms with Gasteiger partial charge in [-0.25, -0.2) is 0 Å². The zero-order chi connectivity index (χ0) is 13.9. The second kappa shape index (κ2) is 6.25. The Morgan fingerprint density at radius 3 is 2.95 bits per heavy atom. The Hall–Kier alpha value is -0.570. The molecule has 2 fully saturated rings. The molecule has 0 saturated heterocycles. The summed E-state index contributed by atoms with van der Waals surface area (Å²) in [6.07, 6.45) is 8.41. The number of aliphatic hydroxyl groups excluding tert-OH is 1. The van der Waals surface area contributed by atoms with Gasteiger partial charge in [-0.1, -0.05) is 20.3 Å². The van der Waals surface area contributed by atoms with Crippen LogP contribution in [0, 0.1) is 17.8 Å². The van der Waals surface area contributed by atoms with Crippen LogP contribution in [0.1, 0.15) is 65.2 Å². The van der Waals surface area contributed by atoms with Crippen LogP contribution in [0.5, 0.6) is 0 Å². The minimum absolute atomic E-state index is 0.00738. The van der Waals surface area contributed by atoms with E-state index in [9.17, 15) is 4.79 Å². The van der Waals surface area contributed by atoms with E-state index in [0.29, 0.717) is 11.8 Å². The van der Waals surface area contributed by atoms with Gasteiger partial charge in [-0.15, -0.1) is 0 Å². The average Bonchev–Trinajstić information content (AvgIpc) is 2.37. The Balaban J connectivity index is 2.03. The van der Waals surface area contributed by atoms with Crippen LogP contribution in [0.2, 0.25) is 0 Å². The summed E-state index contributed by atoms with van der Waals surface area (Å²) in [4.78, 5) is 12.1. The molecule has 4 atom stereocenters. The number of hydrogen-bond acceptors (Lipinski definition) is 3. The molecule has 1 N–H and O–H groups in total. The Morgan fingerprint density at radius 1 is 1.47 bits per heavy atom.